The fourth-order valence-electron chi connectivity index (χ4n) is 2.22. The zero-order chi connectivity index (χ0) is 15.6. The molecule has 0 fully saturated rings. The van der Waals surface area contributed by atoms with Crippen LogP contribution in [0.25, 0.3) is 0 Å². The van der Waals surface area contributed by atoms with Crippen LogP contribution in [0.15, 0.2) is 33.8 Å². The Hall–Kier alpha value is -1.70. The maximum absolute atomic E-state index is 12.7. The summed E-state index contributed by atoms with van der Waals surface area (Å²) in [6.45, 7) is 3.07. The molecular formula is C14H18N2O4S. The van der Waals surface area contributed by atoms with E-state index in [2.05, 4.69) is 4.98 Å². The van der Waals surface area contributed by atoms with Gasteiger partial charge in [-0.15, -0.1) is 0 Å². The predicted molar refractivity (Wildman–Crippen MR) is 77.0 cm³/mol. The third-order valence-corrected chi connectivity index (χ3v) is 5.31. The Morgan fingerprint density at radius 1 is 1.24 bits per heavy atom. The van der Waals surface area contributed by atoms with Gasteiger partial charge in [-0.25, -0.2) is 8.42 Å². The molecule has 0 amide bonds. The molecular weight excluding hydrogens is 292 g/mol. The van der Waals surface area contributed by atoms with E-state index in [1.165, 1.54) is 11.4 Å². The summed E-state index contributed by atoms with van der Waals surface area (Å²) in [5.41, 5.74) is 1.15. The molecule has 2 rings (SSSR count). The third-order valence-electron chi connectivity index (χ3n) is 3.31. The SMILES string of the molecule is Cc1oc(C)c(S(=O)(=O)N(C)Cc2ccncc2)c1CO. The van der Waals surface area contributed by atoms with E-state index in [9.17, 15) is 13.5 Å². The number of aromatic nitrogens is 1. The van der Waals surface area contributed by atoms with Crippen molar-refractivity contribution in [1.29, 1.82) is 0 Å². The van der Waals surface area contributed by atoms with Crippen molar-refractivity contribution in [3.63, 3.8) is 0 Å². The number of sulfonamides is 1. The third kappa shape index (κ3) is 2.99. The standard InChI is InChI=1S/C14H18N2O4S/c1-10-13(9-17)14(11(2)20-10)21(18,19)16(3)8-12-4-6-15-7-5-12/h4-7,17H,8-9H2,1-3H3. The molecule has 0 radical (unpaired) electrons. The maximum atomic E-state index is 12.7. The lowest BCUT2D eigenvalue weighted by Crippen LogP contribution is -2.27. The second kappa shape index (κ2) is 5.97. The van der Waals surface area contributed by atoms with Gasteiger partial charge in [-0.1, -0.05) is 0 Å². The quantitative estimate of drug-likeness (QED) is 0.907. The Morgan fingerprint density at radius 3 is 2.43 bits per heavy atom. The van der Waals surface area contributed by atoms with Gasteiger partial charge in [-0.05, 0) is 31.5 Å². The lowest BCUT2D eigenvalue weighted by atomic mass is 10.2. The average molecular weight is 310 g/mol. The van der Waals surface area contributed by atoms with Crippen molar-refractivity contribution in [3.05, 3.63) is 47.2 Å². The Balaban J connectivity index is 2.38. The van der Waals surface area contributed by atoms with Crippen LogP contribution in [0.5, 0.6) is 0 Å². The highest BCUT2D eigenvalue weighted by Gasteiger charge is 2.30. The van der Waals surface area contributed by atoms with Crippen molar-refractivity contribution < 1.29 is 17.9 Å². The molecule has 7 heteroatoms. The summed E-state index contributed by atoms with van der Waals surface area (Å²) >= 11 is 0. The first-order valence-electron chi connectivity index (χ1n) is 6.43. The molecule has 0 unspecified atom stereocenters. The molecule has 0 saturated carbocycles. The molecule has 0 aromatic carbocycles. The minimum Gasteiger partial charge on any atom is -0.465 e. The number of hydrogen-bond donors (Lipinski definition) is 1. The van der Waals surface area contributed by atoms with E-state index in [1.807, 2.05) is 0 Å². The van der Waals surface area contributed by atoms with Gasteiger partial charge in [0.2, 0.25) is 10.0 Å². The number of rotatable bonds is 5. The Morgan fingerprint density at radius 2 is 1.86 bits per heavy atom. The molecule has 0 saturated heterocycles. The summed E-state index contributed by atoms with van der Waals surface area (Å²) in [6, 6.07) is 3.51. The van der Waals surface area contributed by atoms with Gasteiger partial charge in [-0.2, -0.15) is 4.31 Å². The Bertz CT molecular complexity index is 723. The highest BCUT2D eigenvalue weighted by Crippen LogP contribution is 2.29. The van der Waals surface area contributed by atoms with E-state index in [1.54, 1.807) is 38.4 Å². The fourth-order valence-corrected chi connectivity index (χ4v) is 3.77. The van der Waals surface area contributed by atoms with Gasteiger partial charge in [0.15, 0.2) is 0 Å². The van der Waals surface area contributed by atoms with Crippen LogP contribution in [-0.4, -0.2) is 29.9 Å². The van der Waals surface area contributed by atoms with Crippen molar-refractivity contribution in [2.45, 2.75) is 31.9 Å². The molecule has 21 heavy (non-hydrogen) atoms. The topological polar surface area (TPSA) is 83.6 Å². The summed E-state index contributed by atoms with van der Waals surface area (Å²) in [6.07, 6.45) is 3.23. The van der Waals surface area contributed by atoms with E-state index in [4.69, 9.17) is 4.42 Å². The first-order chi connectivity index (χ1) is 9.87. The van der Waals surface area contributed by atoms with Gasteiger partial charge >= 0.3 is 0 Å². The van der Waals surface area contributed by atoms with Crippen LogP contribution < -0.4 is 0 Å². The zero-order valence-electron chi connectivity index (χ0n) is 12.2. The van der Waals surface area contributed by atoms with Crippen LogP contribution in [-0.2, 0) is 23.2 Å². The van der Waals surface area contributed by atoms with Crippen LogP contribution in [0.3, 0.4) is 0 Å². The van der Waals surface area contributed by atoms with Gasteiger partial charge < -0.3 is 9.52 Å². The molecule has 114 valence electrons. The monoisotopic (exact) mass is 310 g/mol. The van der Waals surface area contributed by atoms with Crippen LogP contribution in [0.1, 0.15) is 22.6 Å². The molecule has 0 atom stereocenters. The molecule has 0 aliphatic heterocycles. The molecule has 0 aliphatic carbocycles. The highest BCUT2D eigenvalue weighted by atomic mass is 32.2. The molecule has 2 aromatic rings. The van der Waals surface area contributed by atoms with Crippen LogP contribution in [0.2, 0.25) is 0 Å². The van der Waals surface area contributed by atoms with Gasteiger partial charge in [-0.3, -0.25) is 4.98 Å². The fraction of sp³-hybridized carbons (Fsp3) is 0.357. The van der Waals surface area contributed by atoms with E-state index in [0.717, 1.165) is 5.56 Å². The molecule has 6 nitrogen and oxygen atoms in total. The second-order valence-corrected chi connectivity index (χ2v) is 6.78. The van der Waals surface area contributed by atoms with Gasteiger partial charge in [0.25, 0.3) is 0 Å². The smallest absolute Gasteiger partial charge is 0.246 e. The lowest BCUT2D eigenvalue weighted by molar-refractivity contribution is 0.276. The summed E-state index contributed by atoms with van der Waals surface area (Å²) in [7, 11) is -2.23. The van der Waals surface area contributed by atoms with Crippen LogP contribution in [0, 0.1) is 13.8 Å². The van der Waals surface area contributed by atoms with E-state index in [0.29, 0.717) is 11.3 Å². The summed E-state index contributed by atoms with van der Waals surface area (Å²) in [5.74, 6) is 0.712. The Kier molecular flexibility index (Phi) is 4.46. The van der Waals surface area contributed by atoms with Crippen molar-refractivity contribution in [2.24, 2.45) is 0 Å². The number of aliphatic hydroxyl groups excluding tert-OH is 1. The van der Waals surface area contributed by atoms with Crippen molar-refractivity contribution in [2.75, 3.05) is 7.05 Å². The van der Waals surface area contributed by atoms with Crippen molar-refractivity contribution in [3.8, 4) is 0 Å². The zero-order valence-corrected chi connectivity index (χ0v) is 13.0. The number of pyridine rings is 1. The first kappa shape index (κ1) is 15.7. The van der Waals surface area contributed by atoms with Gasteiger partial charge in [0, 0.05) is 31.5 Å². The predicted octanol–water partition coefficient (Wildman–Crippen LogP) is 1.60. The number of furan rings is 1. The second-order valence-electron chi connectivity index (χ2n) is 4.80. The van der Waals surface area contributed by atoms with Crippen LogP contribution in [0.4, 0.5) is 0 Å². The molecule has 0 spiro atoms. The lowest BCUT2D eigenvalue weighted by Gasteiger charge is -2.17. The largest absolute Gasteiger partial charge is 0.465 e. The molecule has 2 heterocycles. The molecule has 2 aromatic heterocycles. The number of hydrogen-bond acceptors (Lipinski definition) is 5. The molecule has 0 aliphatic rings. The number of aryl methyl sites for hydroxylation is 2. The Labute approximate surface area is 124 Å². The van der Waals surface area contributed by atoms with Crippen LogP contribution >= 0.6 is 0 Å². The van der Waals surface area contributed by atoms with Crippen molar-refractivity contribution in [1.82, 2.24) is 9.29 Å². The summed E-state index contributed by atoms with van der Waals surface area (Å²) in [4.78, 5) is 3.96. The van der Waals surface area contributed by atoms with Gasteiger partial charge in [0.1, 0.15) is 16.4 Å². The van der Waals surface area contributed by atoms with Gasteiger partial charge in [0.05, 0.1) is 6.61 Å². The summed E-state index contributed by atoms with van der Waals surface area (Å²) in [5, 5.41) is 9.40. The molecule has 1 N–H and O–H groups in total. The minimum absolute atomic E-state index is 0.0547. The molecule has 0 bridgehead atoms. The minimum atomic E-state index is -3.73. The van der Waals surface area contributed by atoms with E-state index >= 15 is 0 Å². The number of aliphatic hydroxyl groups is 1. The van der Waals surface area contributed by atoms with E-state index in [-0.39, 0.29) is 23.8 Å². The van der Waals surface area contributed by atoms with E-state index < -0.39 is 10.0 Å². The normalized spacial score (nSPS) is 12.0. The summed E-state index contributed by atoms with van der Waals surface area (Å²) < 4.78 is 32.0. The highest BCUT2D eigenvalue weighted by molar-refractivity contribution is 7.89. The average Bonchev–Trinajstić information content (AvgIpc) is 2.74. The first-order valence-corrected chi connectivity index (χ1v) is 7.87. The maximum Gasteiger partial charge on any atom is 0.246 e. The number of nitrogens with zero attached hydrogens (tertiary/aromatic N) is 2. The van der Waals surface area contributed by atoms with Crippen molar-refractivity contribution >= 4 is 10.0 Å².